The van der Waals surface area contributed by atoms with Crippen LogP contribution < -0.4 is 10.6 Å². The van der Waals surface area contributed by atoms with Crippen molar-refractivity contribution in [1.82, 2.24) is 0 Å². The van der Waals surface area contributed by atoms with E-state index in [1.54, 1.807) is 25.2 Å². The summed E-state index contributed by atoms with van der Waals surface area (Å²) in [4.78, 5) is 23.7. The lowest BCUT2D eigenvalue weighted by Gasteiger charge is -2.14. The number of hydrogen-bond acceptors (Lipinski definition) is 4. The van der Waals surface area contributed by atoms with E-state index in [4.69, 9.17) is 4.74 Å². The number of rotatable bonds is 5. The van der Waals surface area contributed by atoms with Crippen LogP contribution in [-0.4, -0.2) is 26.0 Å². The zero-order chi connectivity index (χ0) is 15.2. The van der Waals surface area contributed by atoms with Gasteiger partial charge >= 0.3 is 5.97 Å². The highest BCUT2D eigenvalue weighted by Gasteiger charge is 2.19. The number of esters is 1. The number of anilines is 2. The monoisotopic (exact) mass is 290 g/mol. The number of benzene rings is 1. The average molecular weight is 290 g/mol. The highest BCUT2D eigenvalue weighted by atomic mass is 16.5. The fourth-order valence-corrected chi connectivity index (χ4v) is 2.79. The molecule has 1 aromatic carbocycles. The first-order valence-corrected chi connectivity index (χ1v) is 7.34. The molecule has 2 N–H and O–H groups in total. The van der Waals surface area contributed by atoms with Crippen LogP contribution in [-0.2, 0) is 9.53 Å². The summed E-state index contributed by atoms with van der Waals surface area (Å²) in [7, 11) is 3.12. The summed E-state index contributed by atoms with van der Waals surface area (Å²) in [6.45, 7) is 0. The number of carbonyl (C=O) groups excluding carboxylic acids is 2. The average Bonchev–Trinajstić information content (AvgIpc) is 2.99. The molecule has 21 heavy (non-hydrogen) atoms. The molecule has 0 spiro atoms. The molecule has 0 saturated heterocycles. The van der Waals surface area contributed by atoms with Crippen LogP contribution in [0.1, 0.15) is 42.5 Å². The van der Waals surface area contributed by atoms with Gasteiger partial charge in [-0.25, -0.2) is 4.79 Å². The minimum Gasteiger partial charge on any atom is -0.465 e. The molecule has 1 aliphatic rings. The van der Waals surface area contributed by atoms with Crippen molar-refractivity contribution in [2.24, 2.45) is 5.92 Å². The Morgan fingerprint density at radius 3 is 2.57 bits per heavy atom. The summed E-state index contributed by atoms with van der Waals surface area (Å²) in [5.74, 6) is 0.0798. The first kappa shape index (κ1) is 15.4. The maximum Gasteiger partial charge on any atom is 0.337 e. The van der Waals surface area contributed by atoms with E-state index in [1.165, 1.54) is 20.0 Å². The first-order valence-electron chi connectivity index (χ1n) is 7.34. The van der Waals surface area contributed by atoms with Gasteiger partial charge in [-0.3, -0.25) is 4.79 Å². The lowest BCUT2D eigenvalue weighted by molar-refractivity contribution is -0.117. The van der Waals surface area contributed by atoms with Gasteiger partial charge in [0.1, 0.15) is 0 Å². The SMILES string of the molecule is CNc1ccc(C(=O)OC)cc1NC(=O)CC1CCCC1. The number of methoxy groups -OCH3 is 1. The molecule has 114 valence electrons. The molecule has 1 saturated carbocycles. The number of hydrogen-bond donors (Lipinski definition) is 2. The second kappa shape index (κ2) is 7.11. The summed E-state index contributed by atoms with van der Waals surface area (Å²) in [5, 5.41) is 5.91. The van der Waals surface area contributed by atoms with E-state index >= 15 is 0 Å². The van der Waals surface area contributed by atoms with Gasteiger partial charge in [-0.1, -0.05) is 12.8 Å². The molecule has 5 heteroatoms. The molecule has 1 amide bonds. The molecule has 5 nitrogen and oxygen atoms in total. The smallest absolute Gasteiger partial charge is 0.337 e. The Hall–Kier alpha value is -2.04. The van der Waals surface area contributed by atoms with E-state index in [-0.39, 0.29) is 5.91 Å². The standard InChI is InChI=1S/C16H22N2O3/c1-17-13-8-7-12(16(20)21-2)10-14(13)18-15(19)9-11-5-3-4-6-11/h7-8,10-11,17H,3-6,9H2,1-2H3,(H,18,19). The third kappa shape index (κ3) is 3.97. The number of amides is 1. The summed E-state index contributed by atoms with van der Waals surface area (Å²) in [5.41, 5.74) is 1.82. The summed E-state index contributed by atoms with van der Waals surface area (Å²) in [6.07, 6.45) is 5.25. The molecular formula is C16H22N2O3. The number of nitrogens with one attached hydrogen (secondary N) is 2. The number of ether oxygens (including phenoxy) is 1. The highest BCUT2D eigenvalue weighted by molar-refractivity contribution is 5.98. The maximum atomic E-state index is 12.1. The Morgan fingerprint density at radius 1 is 1.24 bits per heavy atom. The molecule has 0 bridgehead atoms. The van der Waals surface area contributed by atoms with Gasteiger partial charge in [-0.15, -0.1) is 0 Å². The molecule has 2 rings (SSSR count). The second-order valence-electron chi connectivity index (χ2n) is 5.40. The van der Waals surface area contributed by atoms with Gasteiger partial charge < -0.3 is 15.4 Å². The molecule has 0 atom stereocenters. The Bertz CT molecular complexity index is 522. The van der Waals surface area contributed by atoms with Crippen molar-refractivity contribution < 1.29 is 14.3 Å². The van der Waals surface area contributed by atoms with E-state index in [0.29, 0.717) is 23.6 Å². The lowest BCUT2D eigenvalue weighted by Crippen LogP contribution is -2.16. The van der Waals surface area contributed by atoms with E-state index in [9.17, 15) is 9.59 Å². The predicted molar refractivity (Wildman–Crippen MR) is 82.5 cm³/mol. The minimum atomic E-state index is -0.413. The molecule has 0 radical (unpaired) electrons. The van der Waals surface area contributed by atoms with Gasteiger partial charge in [0, 0.05) is 13.5 Å². The van der Waals surface area contributed by atoms with Crippen molar-refractivity contribution in [3.05, 3.63) is 23.8 Å². The van der Waals surface area contributed by atoms with Crippen molar-refractivity contribution in [2.45, 2.75) is 32.1 Å². The Kier molecular flexibility index (Phi) is 5.20. The van der Waals surface area contributed by atoms with Crippen molar-refractivity contribution in [2.75, 3.05) is 24.8 Å². The third-order valence-corrected chi connectivity index (χ3v) is 3.93. The molecule has 1 fully saturated rings. The second-order valence-corrected chi connectivity index (χ2v) is 5.40. The molecule has 0 heterocycles. The van der Waals surface area contributed by atoms with Gasteiger partial charge in [0.25, 0.3) is 0 Å². The zero-order valence-electron chi connectivity index (χ0n) is 12.6. The summed E-state index contributed by atoms with van der Waals surface area (Å²) < 4.78 is 4.71. The van der Waals surface area contributed by atoms with Crippen LogP contribution in [0.4, 0.5) is 11.4 Å². The zero-order valence-corrected chi connectivity index (χ0v) is 12.6. The van der Waals surface area contributed by atoms with Crippen LogP contribution in [0.2, 0.25) is 0 Å². The molecule has 1 aliphatic carbocycles. The fraction of sp³-hybridized carbons (Fsp3) is 0.500. The molecule has 0 aromatic heterocycles. The Morgan fingerprint density at radius 2 is 1.95 bits per heavy atom. The van der Waals surface area contributed by atoms with E-state index in [1.807, 2.05) is 0 Å². The summed E-state index contributed by atoms with van der Waals surface area (Å²) in [6, 6.07) is 5.08. The van der Waals surface area contributed by atoms with Gasteiger partial charge in [0.2, 0.25) is 5.91 Å². The Labute approximate surface area is 125 Å². The Balaban J connectivity index is 2.09. The van der Waals surface area contributed by atoms with Crippen molar-refractivity contribution in [1.29, 1.82) is 0 Å². The van der Waals surface area contributed by atoms with E-state index in [2.05, 4.69) is 10.6 Å². The van der Waals surface area contributed by atoms with Crippen LogP contribution in [0, 0.1) is 5.92 Å². The molecule has 0 aliphatic heterocycles. The third-order valence-electron chi connectivity index (χ3n) is 3.93. The van der Waals surface area contributed by atoms with Crippen LogP contribution in [0.3, 0.4) is 0 Å². The van der Waals surface area contributed by atoms with Gasteiger partial charge in [-0.05, 0) is 37.0 Å². The lowest BCUT2D eigenvalue weighted by atomic mass is 10.0. The quantitative estimate of drug-likeness (QED) is 0.818. The number of carbonyl (C=O) groups is 2. The largest absolute Gasteiger partial charge is 0.465 e. The minimum absolute atomic E-state index is 0.000385. The fourth-order valence-electron chi connectivity index (χ4n) is 2.79. The van der Waals surface area contributed by atoms with Crippen LogP contribution in [0.15, 0.2) is 18.2 Å². The van der Waals surface area contributed by atoms with Crippen molar-refractivity contribution in [3.63, 3.8) is 0 Å². The molecular weight excluding hydrogens is 268 g/mol. The van der Waals surface area contributed by atoms with Crippen LogP contribution >= 0.6 is 0 Å². The van der Waals surface area contributed by atoms with Gasteiger partial charge in [0.15, 0.2) is 0 Å². The summed E-state index contributed by atoms with van der Waals surface area (Å²) >= 11 is 0. The predicted octanol–water partition coefficient (Wildman–Crippen LogP) is 3.03. The van der Waals surface area contributed by atoms with Crippen LogP contribution in [0.25, 0.3) is 0 Å². The normalized spacial score (nSPS) is 14.8. The van der Waals surface area contributed by atoms with E-state index in [0.717, 1.165) is 18.5 Å². The molecule has 1 aromatic rings. The van der Waals surface area contributed by atoms with Crippen molar-refractivity contribution in [3.8, 4) is 0 Å². The maximum absolute atomic E-state index is 12.1. The first-order chi connectivity index (χ1) is 10.1. The topological polar surface area (TPSA) is 67.4 Å². The van der Waals surface area contributed by atoms with Gasteiger partial charge in [0.05, 0.1) is 24.0 Å². The van der Waals surface area contributed by atoms with E-state index < -0.39 is 5.97 Å². The highest BCUT2D eigenvalue weighted by Crippen LogP contribution is 2.29. The molecule has 0 unspecified atom stereocenters. The van der Waals surface area contributed by atoms with Crippen LogP contribution in [0.5, 0.6) is 0 Å². The van der Waals surface area contributed by atoms with Crippen molar-refractivity contribution >= 4 is 23.3 Å². The van der Waals surface area contributed by atoms with Gasteiger partial charge in [-0.2, -0.15) is 0 Å².